The van der Waals surface area contributed by atoms with E-state index in [-0.39, 0.29) is 12.2 Å². The molecule has 0 saturated heterocycles. The zero-order valence-corrected chi connectivity index (χ0v) is 20.4. The Morgan fingerprint density at radius 1 is 1.24 bits per heavy atom. The largest absolute Gasteiger partial charge is 0.394 e. The lowest BCUT2D eigenvalue weighted by atomic mass is 10.1. The molecule has 194 valence electrons. The fourth-order valence-electron chi connectivity index (χ4n) is 3.37. The molecule has 0 aliphatic carbocycles. The van der Waals surface area contributed by atoms with Crippen molar-refractivity contribution in [3.8, 4) is 11.4 Å². The highest BCUT2D eigenvalue weighted by molar-refractivity contribution is 7.94. The van der Waals surface area contributed by atoms with E-state index in [4.69, 9.17) is 21.9 Å². The zero-order chi connectivity index (χ0) is 27.1. The van der Waals surface area contributed by atoms with Crippen LogP contribution in [0.5, 0.6) is 0 Å². The topological polar surface area (TPSA) is 148 Å². The van der Waals surface area contributed by atoms with Crippen LogP contribution in [0.2, 0.25) is 5.02 Å². The number of sulfone groups is 1. The van der Waals surface area contributed by atoms with Crippen LogP contribution in [0, 0.1) is 5.82 Å². The number of carbonyl (C=O) groups excluding carboxylic acids is 2. The summed E-state index contributed by atoms with van der Waals surface area (Å²) in [6, 6.07) is 7.98. The molecule has 15 heteroatoms. The molecule has 0 fully saturated rings. The van der Waals surface area contributed by atoms with Crippen molar-refractivity contribution in [3.63, 3.8) is 0 Å². The van der Waals surface area contributed by atoms with Crippen LogP contribution in [0.25, 0.3) is 11.4 Å². The van der Waals surface area contributed by atoms with Crippen LogP contribution >= 0.6 is 11.6 Å². The summed E-state index contributed by atoms with van der Waals surface area (Å²) < 4.78 is 71.6. The Hall–Kier alpha value is -3.91. The Labute approximate surface area is 212 Å². The number of nitrogens with two attached hydrogens (primary N) is 1. The quantitative estimate of drug-likeness (QED) is 0.471. The number of fused-ring (bicyclic) bond motifs is 1. The van der Waals surface area contributed by atoms with Crippen LogP contribution in [0.15, 0.2) is 56.9 Å². The first-order chi connectivity index (χ1) is 17.2. The summed E-state index contributed by atoms with van der Waals surface area (Å²) in [6.45, 7) is -0.585. The minimum absolute atomic E-state index is 0.163. The molecular weight excluding hydrogens is 539 g/mol. The first kappa shape index (κ1) is 26.2. The maximum Gasteiger partial charge on any atom is 0.316 e. The van der Waals surface area contributed by atoms with Crippen LogP contribution in [0.1, 0.15) is 23.2 Å². The van der Waals surface area contributed by atoms with Gasteiger partial charge in [0.2, 0.25) is 15.7 Å². The van der Waals surface area contributed by atoms with Crippen molar-refractivity contribution in [2.75, 3.05) is 11.4 Å². The van der Waals surface area contributed by atoms with Crippen LogP contribution in [0.3, 0.4) is 0 Å². The number of carbonyl (C=O) groups is 2. The molecule has 0 atom stereocenters. The van der Waals surface area contributed by atoms with E-state index in [1.165, 1.54) is 0 Å². The van der Waals surface area contributed by atoms with Gasteiger partial charge in [-0.25, -0.2) is 21.6 Å². The van der Waals surface area contributed by atoms with Crippen molar-refractivity contribution in [1.82, 2.24) is 15.5 Å². The van der Waals surface area contributed by atoms with Crippen LogP contribution < -0.4 is 16.0 Å². The summed E-state index contributed by atoms with van der Waals surface area (Å²) in [5.41, 5.74) is 5.01. The Kier molecular flexibility index (Phi) is 6.73. The van der Waals surface area contributed by atoms with E-state index >= 15 is 4.39 Å². The predicted molar refractivity (Wildman–Crippen MR) is 125 cm³/mol. The SMILES string of the molecule is CC(F)(F)CNC(=O)c1nc(-c2cc3c(cc2F)S(=O)(=O)C=C(N)C(=O)N3Cc2ccc(Cl)cc2)no1. The third-order valence-corrected chi connectivity index (χ3v) is 6.85. The van der Waals surface area contributed by atoms with E-state index in [1.54, 1.807) is 24.3 Å². The normalized spacial score (nSPS) is 15.1. The van der Waals surface area contributed by atoms with Crippen LogP contribution in [-0.2, 0) is 21.2 Å². The van der Waals surface area contributed by atoms with Gasteiger partial charge in [-0.3, -0.25) is 9.59 Å². The minimum atomic E-state index is -4.35. The van der Waals surface area contributed by atoms with Gasteiger partial charge in [0.05, 0.1) is 34.6 Å². The molecule has 2 aromatic carbocycles. The predicted octanol–water partition coefficient (Wildman–Crippen LogP) is 3.03. The van der Waals surface area contributed by atoms with Crippen molar-refractivity contribution in [2.24, 2.45) is 5.73 Å². The highest BCUT2D eigenvalue weighted by atomic mass is 35.5. The fraction of sp³-hybridized carbons (Fsp3) is 0.182. The first-order valence-corrected chi connectivity index (χ1v) is 12.3. The number of hydrogen-bond donors (Lipinski definition) is 2. The number of aromatic nitrogens is 2. The molecule has 3 N–H and O–H groups in total. The molecule has 0 saturated carbocycles. The van der Waals surface area contributed by atoms with Crippen molar-refractivity contribution < 1.29 is 35.7 Å². The first-order valence-electron chi connectivity index (χ1n) is 10.4. The Bertz CT molecular complexity index is 1530. The number of nitrogens with zero attached hydrogens (tertiary/aromatic N) is 3. The molecule has 2 heterocycles. The molecule has 37 heavy (non-hydrogen) atoms. The summed E-state index contributed by atoms with van der Waals surface area (Å²) in [6.07, 6.45) is 0. The van der Waals surface area contributed by atoms with E-state index < -0.39 is 67.8 Å². The summed E-state index contributed by atoms with van der Waals surface area (Å²) in [4.78, 5) is 29.3. The second kappa shape index (κ2) is 9.52. The molecule has 3 aromatic rings. The average molecular weight is 556 g/mol. The lowest BCUT2D eigenvalue weighted by Gasteiger charge is -2.23. The standard InChI is InChI=1S/C22H17ClF3N5O5S/c1-22(25,26)10-28-19(32)20-29-18(30-36-20)13-6-16-17(7-14(13)24)37(34,35)9-15(27)21(33)31(16)8-11-2-4-12(23)5-3-11/h2-7,9H,8,10,27H2,1H3,(H,28,32). The van der Waals surface area contributed by atoms with Gasteiger partial charge < -0.3 is 20.5 Å². The Morgan fingerprint density at radius 3 is 2.57 bits per heavy atom. The second-order valence-corrected chi connectivity index (χ2v) is 10.3. The van der Waals surface area contributed by atoms with Gasteiger partial charge in [0.15, 0.2) is 0 Å². The van der Waals surface area contributed by atoms with E-state index in [2.05, 4.69) is 10.1 Å². The maximum atomic E-state index is 15.1. The molecule has 0 radical (unpaired) electrons. The number of rotatable bonds is 6. The third kappa shape index (κ3) is 5.59. The number of nitrogens with one attached hydrogen (secondary N) is 1. The molecule has 0 unspecified atom stereocenters. The van der Waals surface area contributed by atoms with Gasteiger partial charge in [-0.05, 0) is 29.8 Å². The lowest BCUT2D eigenvalue weighted by molar-refractivity contribution is -0.115. The number of benzene rings is 2. The van der Waals surface area contributed by atoms with E-state index in [1.807, 2.05) is 5.32 Å². The van der Waals surface area contributed by atoms with E-state index in [0.717, 1.165) is 11.0 Å². The van der Waals surface area contributed by atoms with Gasteiger partial charge in [0.25, 0.3) is 11.8 Å². The summed E-state index contributed by atoms with van der Waals surface area (Å²) >= 11 is 5.90. The van der Waals surface area contributed by atoms with E-state index in [9.17, 15) is 26.8 Å². The molecule has 2 amide bonds. The molecular formula is C22H17ClF3N5O5S. The molecule has 4 rings (SSSR count). The number of hydrogen-bond acceptors (Lipinski definition) is 8. The molecule has 0 spiro atoms. The van der Waals surface area contributed by atoms with Gasteiger partial charge in [-0.1, -0.05) is 28.9 Å². The average Bonchev–Trinajstić information content (AvgIpc) is 3.29. The number of halogens is 4. The molecule has 1 aliphatic heterocycles. The van der Waals surface area contributed by atoms with Crippen molar-refractivity contribution in [3.05, 3.63) is 69.8 Å². The lowest BCUT2D eigenvalue weighted by Crippen LogP contribution is -2.34. The smallest absolute Gasteiger partial charge is 0.316 e. The van der Waals surface area contributed by atoms with E-state index in [0.29, 0.717) is 29.0 Å². The molecule has 0 bridgehead atoms. The van der Waals surface area contributed by atoms with Gasteiger partial charge >= 0.3 is 11.8 Å². The van der Waals surface area contributed by atoms with Gasteiger partial charge in [0, 0.05) is 11.9 Å². The van der Waals surface area contributed by atoms with Gasteiger partial charge in [-0.15, -0.1) is 0 Å². The second-order valence-electron chi connectivity index (χ2n) is 8.11. The maximum absolute atomic E-state index is 15.1. The number of anilines is 1. The minimum Gasteiger partial charge on any atom is -0.394 e. The van der Waals surface area contributed by atoms with Crippen molar-refractivity contribution in [1.29, 1.82) is 0 Å². The Balaban J connectivity index is 1.78. The number of alkyl halides is 2. The van der Waals surface area contributed by atoms with Crippen LogP contribution in [0.4, 0.5) is 18.9 Å². The van der Waals surface area contributed by atoms with Gasteiger partial charge in [-0.2, -0.15) is 4.98 Å². The zero-order valence-electron chi connectivity index (χ0n) is 18.8. The van der Waals surface area contributed by atoms with Gasteiger partial charge in [0.1, 0.15) is 11.5 Å². The molecule has 10 nitrogen and oxygen atoms in total. The van der Waals surface area contributed by atoms with Crippen molar-refractivity contribution in [2.45, 2.75) is 24.3 Å². The summed E-state index contributed by atoms with van der Waals surface area (Å²) in [7, 11) is -4.35. The fourth-order valence-corrected chi connectivity index (χ4v) is 4.78. The van der Waals surface area contributed by atoms with Crippen LogP contribution in [-0.4, -0.2) is 42.8 Å². The highest BCUT2D eigenvalue weighted by Crippen LogP contribution is 2.37. The monoisotopic (exact) mass is 555 g/mol. The summed E-state index contributed by atoms with van der Waals surface area (Å²) in [5.74, 6) is -7.55. The molecule has 1 aromatic heterocycles. The highest BCUT2D eigenvalue weighted by Gasteiger charge is 2.33. The number of amides is 2. The Morgan fingerprint density at radius 2 is 1.92 bits per heavy atom. The molecule has 1 aliphatic rings. The van der Waals surface area contributed by atoms with Crippen molar-refractivity contribution >= 4 is 38.9 Å². The summed E-state index contributed by atoms with van der Waals surface area (Å²) in [5, 5.41) is 6.35. The third-order valence-electron chi connectivity index (χ3n) is 5.09.